The van der Waals surface area contributed by atoms with Gasteiger partial charge in [0.05, 0.1) is 6.07 Å². The lowest BCUT2D eigenvalue weighted by Gasteiger charge is -2.40. The number of nitriles is 1. The molecule has 0 aromatic heterocycles. The SMILES string of the molecule is CNC(C)(C#N)CN1CCN(C2CCCC2)CC1. The molecule has 0 bridgehead atoms. The smallest absolute Gasteiger partial charge is 0.116 e. The quantitative estimate of drug-likeness (QED) is 0.810. The summed E-state index contributed by atoms with van der Waals surface area (Å²) in [7, 11) is 1.87. The maximum Gasteiger partial charge on any atom is 0.116 e. The van der Waals surface area contributed by atoms with Crippen LogP contribution in [0.4, 0.5) is 0 Å². The van der Waals surface area contributed by atoms with Gasteiger partial charge in [0.2, 0.25) is 0 Å². The fraction of sp³-hybridized carbons (Fsp3) is 0.929. The molecule has 1 heterocycles. The van der Waals surface area contributed by atoms with Crippen molar-refractivity contribution in [1.82, 2.24) is 15.1 Å². The molecule has 0 aromatic carbocycles. The summed E-state index contributed by atoms with van der Waals surface area (Å²) in [6.45, 7) is 7.38. The van der Waals surface area contributed by atoms with E-state index in [0.29, 0.717) is 0 Å². The van der Waals surface area contributed by atoms with Crippen molar-refractivity contribution in [3.63, 3.8) is 0 Å². The van der Waals surface area contributed by atoms with Gasteiger partial charge in [0, 0.05) is 38.8 Å². The number of rotatable bonds is 4. The van der Waals surface area contributed by atoms with E-state index in [2.05, 4.69) is 21.2 Å². The first-order chi connectivity index (χ1) is 8.67. The average Bonchev–Trinajstić information content (AvgIpc) is 2.93. The summed E-state index contributed by atoms with van der Waals surface area (Å²) in [6, 6.07) is 3.22. The van der Waals surface area contributed by atoms with Crippen molar-refractivity contribution in [3.8, 4) is 6.07 Å². The molecule has 0 spiro atoms. The van der Waals surface area contributed by atoms with Gasteiger partial charge >= 0.3 is 0 Å². The molecule has 2 fully saturated rings. The van der Waals surface area contributed by atoms with Crippen LogP contribution in [0.3, 0.4) is 0 Å². The maximum absolute atomic E-state index is 9.19. The van der Waals surface area contributed by atoms with Crippen LogP contribution in [0.25, 0.3) is 0 Å². The first-order valence-corrected chi connectivity index (χ1v) is 7.23. The highest BCUT2D eigenvalue weighted by Crippen LogP contribution is 2.24. The van der Waals surface area contributed by atoms with Gasteiger partial charge in [-0.2, -0.15) is 5.26 Å². The molecule has 1 aliphatic carbocycles. The summed E-state index contributed by atoms with van der Waals surface area (Å²) in [5.41, 5.74) is -0.407. The van der Waals surface area contributed by atoms with Gasteiger partial charge in [-0.15, -0.1) is 0 Å². The molecule has 1 atom stereocenters. The van der Waals surface area contributed by atoms with E-state index < -0.39 is 5.54 Å². The molecule has 1 N–H and O–H groups in total. The van der Waals surface area contributed by atoms with Crippen LogP contribution in [0.2, 0.25) is 0 Å². The summed E-state index contributed by atoms with van der Waals surface area (Å²) < 4.78 is 0. The third-order valence-electron chi connectivity index (χ3n) is 4.59. The van der Waals surface area contributed by atoms with Crippen molar-refractivity contribution in [2.24, 2.45) is 0 Å². The lowest BCUT2D eigenvalue weighted by Crippen LogP contribution is -2.55. The summed E-state index contributed by atoms with van der Waals surface area (Å²) in [5, 5.41) is 12.3. The Bertz CT molecular complexity index is 297. The second kappa shape index (κ2) is 6.01. The zero-order valence-electron chi connectivity index (χ0n) is 11.8. The number of hydrogen-bond acceptors (Lipinski definition) is 4. The summed E-state index contributed by atoms with van der Waals surface area (Å²) in [6.07, 6.45) is 5.62. The highest BCUT2D eigenvalue weighted by atomic mass is 15.3. The van der Waals surface area contributed by atoms with E-state index in [1.807, 2.05) is 14.0 Å². The van der Waals surface area contributed by atoms with Gasteiger partial charge in [0.25, 0.3) is 0 Å². The molecule has 1 unspecified atom stereocenters. The second-order valence-corrected chi connectivity index (χ2v) is 5.94. The molecule has 0 amide bonds. The Morgan fingerprint density at radius 3 is 2.33 bits per heavy atom. The summed E-state index contributed by atoms with van der Waals surface area (Å²) in [4.78, 5) is 5.08. The van der Waals surface area contributed by atoms with E-state index in [1.54, 1.807) is 0 Å². The third-order valence-corrected chi connectivity index (χ3v) is 4.59. The fourth-order valence-corrected chi connectivity index (χ4v) is 3.17. The highest BCUT2D eigenvalue weighted by molar-refractivity contribution is 5.05. The van der Waals surface area contributed by atoms with Crippen molar-refractivity contribution < 1.29 is 0 Å². The van der Waals surface area contributed by atoms with Crippen molar-refractivity contribution >= 4 is 0 Å². The lowest BCUT2D eigenvalue weighted by molar-refractivity contribution is 0.0871. The number of nitrogens with one attached hydrogen (secondary N) is 1. The molecule has 2 aliphatic rings. The van der Waals surface area contributed by atoms with Gasteiger partial charge in [-0.1, -0.05) is 12.8 Å². The fourth-order valence-electron chi connectivity index (χ4n) is 3.17. The zero-order valence-corrected chi connectivity index (χ0v) is 11.8. The van der Waals surface area contributed by atoms with Gasteiger partial charge in [0.15, 0.2) is 0 Å². The first kappa shape index (κ1) is 13.8. The number of likely N-dealkylation sites (N-methyl/N-ethyl adjacent to an activating group) is 1. The van der Waals surface area contributed by atoms with Crippen LogP contribution >= 0.6 is 0 Å². The van der Waals surface area contributed by atoms with Gasteiger partial charge in [0.1, 0.15) is 5.54 Å². The molecule has 1 aliphatic heterocycles. The van der Waals surface area contributed by atoms with E-state index in [1.165, 1.54) is 38.8 Å². The zero-order chi connectivity index (χ0) is 13.0. The van der Waals surface area contributed by atoms with E-state index in [9.17, 15) is 5.26 Å². The van der Waals surface area contributed by atoms with E-state index >= 15 is 0 Å². The normalized spacial score (nSPS) is 26.9. The van der Waals surface area contributed by atoms with Crippen LogP contribution in [0.15, 0.2) is 0 Å². The Kier molecular flexibility index (Phi) is 4.60. The van der Waals surface area contributed by atoms with Crippen molar-refractivity contribution in [2.75, 3.05) is 39.8 Å². The highest BCUT2D eigenvalue weighted by Gasteiger charge is 2.30. The molecule has 1 saturated carbocycles. The monoisotopic (exact) mass is 250 g/mol. The van der Waals surface area contributed by atoms with Crippen LogP contribution in [0.1, 0.15) is 32.6 Å². The Morgan fingerprint density at radius 1 is 1.22 bits per heavy atom. The predicted molar refractivity (Wildman–Crippen MR) is 73.3 cm³/mol. The van der Waals surface area contributed by atoms with Crippen molar-refractivity contribution in [3.05, 3.63) is 0 Å². The minimum atomic E-state index is -0.407. The minimum absolute atomic E-state index is 0.407. The Labute approximate surface area is 111 Å². The molecular weight excluding hydrogens is 224 g/mol. The maximum atomic E-state index is 9.19. The topological polar surface area (TPSA) is 42.3 Å². The van der Waals surface area contributed by atoms with Crippen LogP contribution in [0, 0.1) is 11.3 Å². The molecule has 102 valence electrons. The van der Waals surface area contributed by atoms with Gasteiger partial charge in [-0.25, -0.2) is 0 Å². The van der Waals surface area contributed by atoms with Crippen LogP contribution < -0.4 is 5.32 Å². The molecule has 2 rings (SSSR count). The molecule has 18 heavy (non-hydrogen) atoms. The molecular formula is C14H26N4. The van der Waals surface area contributed by atoms with Gasteiger partial charge in [-0.3, -0.25) is 9.80 Å². The average molecular weight is 250 g/mol. The van der Waals surface area contributed by atoms with Gasteiger partial charge < -0.3 is 5.32 Å². The molecule has 1 saturated heterocycles. The molecule has 4 nitrogen and oxygen atoms in total. The van der Waals surface area contributed by atoms with Crippen LogP contribution in [-0.2, 0) is 0 Å². The first-order valence-electron chi connectivity index (χ1n) is 7.23. The van der Waals surface area contributed by atoms with E-state index in [0.717, 1.165) is 25.7 Å². The standard InChI is InChI=1S/C14H26N4/c1-14(11-15,16-2)12-17-7-9-18(10-8-17)13-5-3-4-6-13/h13,16H,3-10,12H2,1-2H3. The van der Waals surface area contributed by atoms with Crippen LogP contribution in [0.5, 0.6) is 0 Å². The largest absolute Gasteiger partial charge is 0.302 e. The lowest BCUT2D eigenvalue weighted by atomic mass is 10.0. The number of hydrogen-bond donors (Lipinski definition) is 1. The Morgan fingerprint density at radius 2 is 1.83 bits per heavy atom. The number of nitrogens with zero attached hydrogens (tertiary/aromatic N) is 3. The predicted octanol–water partition coefficient (Wildman–Crippen LogP) is 1.05. The van der Waals surface area contributed by atoms with E-state index in [-0.39, 0.29) is 0 Å². The van der Waals surface area contributed by atoms with Crippen LogP contribution in [-0.4, -0.2) is 61.2 Å². The molecule has 4 heteroatoms. The molecule has 0 aromatic rings. The summed E-state index contributed by atoms with van der Waals surface area (Å²) >= 11 is 0. The number of piperazine rings is 1. The van der Waals surface area contributed by atoms with Crippen molar-refractivity contribution in [2.45, 2.75) is 44.2 Å². The van der Waals surface area contributed by atoms with Crippen molar-refractivity contribution in [1.29, 1.82) is 5.26 Å². The van der Waals surface area contributed by atoms with Gasteiger partial charge in [-0.05, 0) is 26.8 Å². The Hall–Kier alpha value is -0.630. The molecule has 0 radical (unpaired) electrons. The minimum Gasteiger partial charge on any atom is -0.302 e. The van der Waals surface area contributed by atoms with E-state index in [4.69, 9.17) is 0 Å². The third kappa shape index (κ3) is 3.23. The second-order valence-electron chi connectivity index (χ2n) is 5.94. The Balaban J connectivity index is 1.78. The summed E-state index contributed by atoms with van der Waals surface area (Å²) in [5.74, 6) is 0.